The lowest BCUT2D eigenvalue weighted by atomic mass is 9.96. The molecule has 0 aromatic rings. The lowest BCUT2D eigenvalue weighted by Gasteiger charge is -2.31. The van der Waals surface area contributed by atoms with Crippen molar-refractivity contribution >= 4 is 0 Å². The maximum absolute atomic E-state index is 13.2. The highest BCUT2D eigenvalue weighted by atomic mass is 19.4. The second-order valence-corrected chi connectivity index (χ2v) is 4.14. The minimum absolute atomic E-state index is 0.102. The molecule has 16 heavy (non-hydrogen) atoms. The Morgan fingerprint density at radius 3 is 2.12 bits per heavy atom. The van der Waals surface area contributed by atoms with Crippen LogP contribution in [0.1, 0.15) is 26.2 Å². The van der Waals surface area contributed by atoms with Gasteiger partial charge in [-0.05, 0) is 18.8 Å². The Morgan fingerprint density at radius 2 is 1.81 bits per heavy atom. The van der Waals surface area contributed by atoms with Crippen molar-refractivity contribution in [2.45, 2.75) is 50.1 Å². The van der Waals surface area contributed by atoms with E-state index in [1.54, 1.807) is 6.92 Å². The van der Waals surface area contributed by atoms with E-state index in [0.29, 0.717) is 0 Å². The van der Waals surface area contributed by atoms with Crippen LogP contribution in [0.5, 0.6) is 0 Å². The van der Waals surface area contributed by atoms with Crippen molar-refractivity contribution in [1.29, 1.82) is 0 Å². The van der Waals surface area contributed by atoms with E-state index >= 15 is 0 Å². The average molecular weight is 250 g/mol. The van der Waals surface area contributed by atoms with Gasteiger partial charge in [-0.3, -0.25) is 0 Å². The predicted octanol–water partition coefficient (Wildman–Crippen LogP) is 3.07. The summed E-state index contributed by atoms with van der Waals surface area (Å²) in [6.45, 7) is 1.55. The van der Waals surface area contributed by atoms with Crippen LogP contribution in [0.2, 0.25) is 0 Å². The third-order valence-electron chi connectivity index (χ3n) is 3.00. The van der Waals surface area contributed by atoms with E-state index in [-0.39, 0.29) is 12.8 Å². The molecule has 1 rings (SSSR count). The van der Waals surface area contributed by atoms with Crippen LogP contribution in [-0.2, 0) is 0 Å². The molecule has 1 fully saturated rings. The summed E-state index contributed by atoms with van der Waals surface area (Å²) in [6, 6.07) is 0. The van der Waals surface area contributed by atoms with Gasteiger partial charge in [-0.15, -0.1) is 0 Å². The molecule has 1 aliphatic rings. The van der Waals surface area contributed by atoms with Crippen LogP contribution in [0.25, 0.3) is 0 Å². The van der Waals surface area contributed by atoms with Crippen molar-refractivity contribution < 1.29 is 31.4 Å². The molecule has 0 amide bonds. The van der Waals surface area contributed by atoms with E-state index < -0.39 is 36.2 Å². The fourth-order valence-electron chi connectivity index (χ4n) is 2.07. The van der Waals surface area contributed by atoms with Gasteiger partial charge >= 0.3 is 12.1 Å². The van der Waals surface area contributed by atoms with E-state index in [4.69, 9.17) is 5.11 Å². The van der Waals surface area contributed by atoms with Gasteiger partial charge in [0.2, 0.25) is 5.60 Å². The molecule has 1 saturated carbocycles. The second kappa shape index (κ2) is 3.78. The molecule has 96 valence electrons. The normalized spacial score (nSPS) is 39.0. The van der Waals surface area contributed by atoms with Gasteiger partial charge in [0.25, 0.3) is 0 Å². The minimum atomic E-state index is -5.52. The van der Waals surface area contributed by atoms with Crippen LogP contribution < -0.4 is 0 Å². The number of hydrogen-bond acceptors (Lipinski definition) is 1. The lowest BCUT2D eigenvalue weighted by Crippen LogP contribution is -2.57. The molecule has 0 saturated heterocycles. The van der Waals surface area contributed by atoms with Crippen LogP contribution in [0, 0.1) is 5.92 Å². The van der Waals surface area contributed by atoms with Crippen molar-refractivity contribution in [2.75, 3.05) is 0 Å². The summed E-state index contributed by atoms with van der Waals surface area (Å²) in [5.41, 5.74) is -4.24. The zero-order valence-corrected chi connectivity index (χ0v) is 8.49. The van der Waals surface area contributed by atoms with E-state index in [0.717, 1.165) is 0 Å². The van der Waals surface area contributed by atoms with Crippen LogP contribution >= 0.6 is 0 Å². The summed E-state index contributed by atoms with van der Waals surface area (Å²) in [7, 11) is 0. The SMILES string of the molecule is CCCC1CC(O)(C(F)(F)F)C(F)(F)C1F. The first-order chi connectivity index (χ1) is 7.08. The highest BCUT2D eigenvalue weighted by Gasteiger charge is 2.77. The highest BCUT2D eigenvalue weighted by Crippen LogP contribution is 2.56. The molecular weight excluding hydrogens is 238 g/mol. The van der Waals surface area contributed by atoms with Gasteiger partial charge in [-0.2, -0.15) is 22.0 Å². The lowest BCUT2D eigenvalue weighted by molar-refractivity contribution is -0.326. The van der Waals surface area contributed by atoms with Crippen molar-refractivity contribution in [1.82, 2.24) is 0 Å². The topological polar surface area (TPSA) is 20.2 Å². The quantitative estimate of drug-likeness (QED) is 0.747. The maximum atomic E-state index is 13.2. The summed E-state index contributed by atoms with van der Waals surface area (Å²) in [6.07, 6.45) is -9.56. The van der Waals surface area contributed by atoms with Gasteiger partial charge in [0.15, 0.2) is 6.17 Å². The Bertz CT molecular complexity index is 263. The molecule has 1 N–H and O–H groups in total. The fraction of sp³-hybridized carbons (Fsp3) is 1.00. The van der Waals surface area contributed by atoms with Gasteiger partial charge in [0.05, 0.1) is 0 Å². The molecule has 0 aromatic heterocycles. The molecule has 7 heteroatoms. The van der Waals surface area contributed by atoms with Crippen LogP contribution in [-0.4, -0.2) is 29.0 Å². The van der Waals surface area contributed by atoms with E-state index in [2.05, 4.69) is 0 Å². The molecule has 0 bridgehead atoms. The first-order valence-corrected chi connectivity index (χ1v) is 4.89. The summed E-state index contributed by atoms with van der Waals surface area (Å²) in [4.78, 5) is 0. The molecular formula is C9H12F6O. The molecule has 0 radical (unpaired) electrons. The van der Waals surface area contributed by atoms with Crippen LogP contribution in [0.15, 0.2) is 0 Å². The first kappa shape index (κ1) is 13.6. The monoisotopic (exact) mass is 250 g/mol. The predicted molar refractivity (Wildman–Crippen MR) is 43.9 cm³/mol. The Kier molecular flexibility index (Phi) is 3.22. The molecule has 0 aliphatic heterocycles. The molecule has 1 aliphatic carbocycles. The number of alkyl halides is 6. The van der Waals surface area contributed by atoms with Crippen molar-refractivity contribution in [3.05, 3.63) is 0 Å². The molecule has 0 heterocycles. The van der Waals surface area contributed by atoms with Gasteiger partial charge in [-0.1, -0.05) is 13.3 Å². The van der Waals surface area contributed by atoms with E-state index in [1.807, 2.05) is 0 Å². The van der Waals surface area contributed by atoms with E-state index in [9.17, 15) is 26.3 Å². The Hall–Kier alpha value is -0.460. The smallest absolute Gasteiger partial charge is 0.376 e. The summed E-state index contributed by atoms with van der Waals surface area (Å²) in [5.74, 6) is -6.22. The number of hydrogen-bond donors (Lipinski definition) is 1. The molecule has 3 atom stereocenters. The third-order valence-corrected chi connectivity index (χ3v) is 3.00. The zero-order chi connectivity index (χ0) is 12.8. The van der Waals surface area contributed by atoms with Gasteiger partial charge < -0.3 is 5.11 Å². The zero-order valence-electron chi connectivity index (χ0n) is 8.49. The number of halogens is 6. The number of aliphatic hydroxyl groups is 1. The minimum Gasteiger partial charge on any atom is -0.376 e. The molecule has 1 nitrogen and oxygen atoms in total. The fourth-order valence-corrected chi connectivity index (χ4v) is 2.07. The molecule has 0 aromatic carbocycles. The largest absolute Gasteiger partial charge is 0.423 e. The van der Waals surface area contributed by atoms with Gasteiger partial charge in [0.1, 0.15) is 0 Å². The maximum Gasteiger partial charge on any atom is 0.423 e. The standard InChI is InChI=1S/C9H12F6O/c1-2-3-5-4-7(16,9(13,14)15)8(11,12)6(5)10/h5-6,16H,2-4H2,1H3. The van der Waals surface area contributed by atoms with Gasteiger partial charge in [-0.25, -0.2) is 4.39 Å². The molecule has 3 unspecified atom stereocenters. The van der Waals surface area contributed by atoms with Crippen molar-refractivity contribution in [3.8, 4) is 0 Å². The summed E-state index contributed by atoms with van der Waals surface area (Å²) >= 11 is 0. The van der Waals surface area contributed by atoms with Crippen molar-refractivity contribution in [2.24, 2.45) is 5.92 Å². The average Bonchev–Trinajstić information content (AvgIpc) is 2.28. The van der Waals surface area contributed by atoms with Crippen molar-refractivity contribution in [3.63, 3.8) is 0 Å². The molecule has 0 spiro atoms. The Labute approximate surface area is 88.4 Å². The summed E-state index contributed by atoms with van der Waals surface area (Å²) in [5, 5.41) is 9.01. The first-order valence-electron chi connectivity index (χ1n) is 4.89. The summed E-state index contributed by atoms with van der Waals surface area (Å²) < 4.78 is 76.4. The van der Waals surface area contributed by atoms with Crippen LogP contribution in [0.4, 0.5) is 26.3 Å². The Balaban J connectivity index is 3.06. The highest BCUT2D eigenvalue weighted by molar-refractivity contribution is 5.11. The van der Waals surface area contributed by atoms with Gasteiger partial charge in [0, 0.05) is 0 Å². The van der Waals surface area contributed by atoms with E-state index in [1.165, 1.54) is 0 Å². The van der Waals surface area contributed by atoms with Crippen LogP contribution in [0.3, 0.4) is 0 Å². The number of rotatable bonds is 2. The third kappa shape index (κ3) is 1.69. The Morgan fingerprint density at radius 1 is 1.31 bits per heavy atom. The second-order valence-electron chi connectivity index (χ2n) is 4.14.